The van der Waals surface area contributed by atoms with Crippen LogP contribution in [0.5, 0.6) is 0 Å². The Balaban J connectivity index is 1.65. The van der Waals surface area contributed by atoms with E-state index in [1.165, 1.54) is 50.0 Å². The molecule has 2 bridgehead atoms. The Morgan fingerprint density at radius 3 is 2.73 bits per heavy atom. The predicted octanol–water partition coefficient (Wildman–Crippen LogP) is 4.17. The lowest BCUT2D eigenvalue weighted by Crippen LogP contribution is -2.33. The summed E-state index contributed by atoms with van der Waals surface area (Å²) in [5.41, 5.74) is 1.68. The van der Waals surface area contributed by atoms with Gasteiger partial charge < -0.3 is 9.47 Å². The highest BCUT2D eigenvalue weighted by atomic mass is 32.2. The number of hydrogen-bond acceptors (Lipinski definition) is 5. The van der Waals surface area contributed by atoms with Crippen molar-refractivity contribution in [3.05, 3.63) is 0 Å². The monoisotopic (exact) mass is 387 g/mol. The lowest BCUT2D eigenvalue weighted by molar-refractivity contribution is -0.129. The van der Waals surface area contributed by atoms with E-state index in [1.807, 2.05) is 0 Å². The van der Waals surface area contributed by atoms with E-state index in [0.29, 0.717) is 30.5 Å². The molecular formula is C20H37NO4S. The molecule has 0 aromatic heterocycles. The van der Waals surface area contributed by atoms with Crippen LogP contribution in [0.3, 0.4) is 0 Å². The third-order valence-corrected chi connectivity index (χ3v) is 6.95. The van der Waals surface area contributed by atoms with Gasteiger partial charge in [0.25, 0.3) is 0 Å². The second kappa shape index (κ2) is 12.2. The SMILES string of the molecule is CCCCCCSCC1C2CCC(O2)C1COC(C)CCCC(=O)NO. The number of fused-ring (bicyclic) bond motifs is 2. The van der Waals surface area contributed by atoms with Crippen LogP contribution in [0.4, 0.5) is 0 Å². The van der Waals surface area contributed by atoms with Crippen molar-refractivity contribution in [1.82, 2.24) is 5.48 Å². The second-order valence-electron chi connectivity index (χ2n) is 7.82. The standard InChI is InChI=1S/C20H37NO4S/c1-3-4-5-6-12-26-14-17-16(18-10-11-19(17)25-18)13-24-15(2)8-7-9-20(22)21-23/h15-19,23H,3-14H2,1-2H3,(H,21,22). The van der Waals surface area contributed by atoms with Gasteiger partial charge in [0.15, 0.2) is 0 Å². The van der Waals surface area contributed by atoms with Gasteiger partial charge in [0.05, 0.1) is 24.9 Å². The molecule has 0 aromatic carbocycles. The number of thioether (sulfide) groups is 1. The Morgan fingerprint density at radius 2 is 2.00 bits per heavy atom. The minimum Gasteiger partial charge on any atom is -0.378 e. The molecule has 2 aliphatic heterocycles. The van der Waals surface area contributed by atoms with Crippen LogP contribution < -0.4 is 5.48 Å². The van der Waals surface area contributed by atoms with Crippen LogP contribution in [0.1, 0.15) is 71.6 Å². The molecule has 1 amide bonds. The molecule has 2 fully saturated rings. The number of unbranched alkanes of at least 4 members (excludes halogenated alkanes) is 3. The summed E-state index contributed by atoms with van der Waals surface area (Å²) in [7, 11) is 0. The summed E-state index contributed by atoms with van der Waals surface area (Å²) in [5, 5.41) is 8.52. The number of hydrogen-bond donors (Lipinski definition) is 2. The molecule has 0 saturated carbocycles. The van der Waals surface area contributed by atoms with Gasteiger partial charge in [-0.2, -0.15) is 11.8 Å². The van der Waals surface area contributed by atoms with Gasteiger partial charge >= 0.3 is 0 Å². The number of hydroxylamine groups is 1. The Morgan fingerprint density at radius 1 is 1.23 bits per heavy atom. The third kappa shape index (κ3) is 7.02. The van der Waals surface area contributed by atoms with E-state index in [-0.39, 0.29) is 12.0 Å². The van der Waals surface area contributed by atoms with E-state index in [0.717, 1.165) is 19.4 Å². The summed E-state index contributed by atoms with van der Waals surface area (Å²) in [6.07, 6.45) is 10.6. The molecule has 152 valence electrons. The molecule has 5 nitrogen and oxygen atoms in total. The summed E-state index contributed by atoms with van der Waals surface area (Å²) < 4.78 is 12.3. The second-order valence-corrected chi connectivity index (χ2v) is 8.97. The lowest BCUT2D eigenvalue weighted by atomic mass is 9.81. The Hall–Kier alpha value is -0.300. The van der Waals surface area contributed by atoms with Crippen LogP contribution in [-0.4, -0.2) is 47.5 Å². The van der Waals surface area contributed by atoms with Gasteiger partial charge in [-0.05, 0) is 50.5 Å². The largest absolute Gasteiger partial charge is 0.378 e. The summed E-state index contributed by atoms with van der Waals surface area (Å²) in [6, 6.07) is 0. The van der Waals surface area contributed by atoms with Gasteiger partial charge in [0.2, 0.25) is 5.91 Å². The molecular weight excluding hydrogens is 350 g/mol. The minimum atomic E-state index is -0.324. The minimum absolute atomic E-state index is 0.142. The molecule has 26 heavy (non-hydrogen) atoms. The van der Waals surface area contributed by atoms with E-state index in [1.54, 1.807) is 5.48 Å². The number of nitrogens with one attached hydrogen (secondary N) is 1. The highest BCUT2D eigenvalue weighted by molar-refractivity contribution is 7.99. The number of amides is 1. The highest BCUT2D eigenvalue weighted by Crippen LogP contribution is 2.45. The van der Waals surface area contributed by atoms with Crippen LogP contribution in [0.25, 0.3) is 0 Å². The predicted molar refractivity (Wildman–Crippen MR) is 106 cm³/mol. The van der Waals surface area contributed by atoms with Crippen molar-refractivity contribution >= 4 is 17.7 Å². The first-order chi connectivity index (χ1) is 12.7. The van der Waals surface area contributed by atoms with Crippen LogP contribution in [-0.2, 0) is 14.3 Å². The first kappa shape index (κ1) is 22.0. The van der Waals surface area contributed by atoms with E-state index in [2.05, 4.69) is 25.6 Å². The molecule has 2 N–H and O–H groups in total. The lowest BCUT2D eigenvalue weighted by Gasteiger charge is -2.28. The molecule has 2 saturated heterocycles. The molecule has 5 atom stereocenters. The Bertz CT molecular complexity index is 409. The topological polar surface area (TPSA) is 67.8 Å². The van der Waals surface area contributed by atoms with Gasteiger partial charge in [-0.1, -0.05) is 26.2 Å². The first-order valence-corrected chi connectivity index (χ1v) is 11.6. The van der Waals surface area contributed by atoms with Gasteiger partial charge in [0, 0.05) is 18.3 Å². The number of carbonyl (C=O) groups is 1. The van der Waals surface area contributed by atoms with Crippen molar-refractivity contribution < 1.29 is 19.5 Å². The zero-order chi connectivity index (χ0) is 18.8. The fourth-order valence-corrected chi connectivity index (χ4v) is 5.46. The quantitative estimate of drug-likeness (QED) is 0.266. The van der Waals surface area contributed by atoms with Gasteiger partial charge in [0.1, 0.15) is 0 Å². The van der Waals surface area contributed by atoms with Crippen molar-refractivity contribution in [3.8, 4) is 0 Å². The zero-order valence-corrected chi connectivity index (χ0v) is 17.3. The number of carbonyl (C=O) groups excluding carboxylic acids is 1. The van der Waals surface area contributed by atoms with Crippen molar-refractivity contribution in [2.24, 2.45) is 11.8 Å². The van der Waals surface area contributed by atoms with Crippen molar-refractivity contribution in [1.29, 1.82) is 0 Å². The summed E-state index contributed by atoms with van der Waals surface area (Å²) in [5.74, 6) is 3.31. The summed E-state index contributed by atoms with van der Waals surface area (Å²) in [4.78, 5) is 11.1. The number of ether oxygens (including phenoxy) is 2. The van der Waals surface area contributed by atoms with Gasteiger partial charge in [-0.25, -0.2) is 5.48 Å². The summed E-state index contributed by atoms with van der Waals surface area (Å²) in [6.45, 7) is 5.10. The fourth-order valence-electron chi connectivity index (χ4n) is 4.15. The molecule has 2 heterocycles. The van der Waals surface area contributed by atoms with E-state index in [9.17, 15) is 4.79 Å². The zero-order valence-electron chi connectivity index (χ0n) is 16.5. The average Bonchev–Trinajstić information content (AvgIpc) is 3.24. The number of rotatable bonds is 14. The maximum Gasteiger partial charge on any atom is 0.243 e. The first-order valence-electron chi connectivity index (χ1n) is 10.4. The normalized spacial score (nSPS) is 28.4. The molecule has 0 aromatic rings. The van der Waals surface area contributed by atoms with Crippen LogP contribution in [0.2, 0.25) is 0 Å². The maximum absolute atomic E-state index is 11.1. The smallest absolute Gasteiger partial charge is 0.243 e. The average molecular weight is 388 g/mol. The Kier molecular flexibility index (Phi) is 10.3. The van der Waals surface area contributed by atoms with Crippen molar-refractivity contribution in [2.45, 2.75) is 89.9 Å². The van der Waals surface area contributed by atoms with Crippen LogP contribution >= 0.6 is 11.8 Å². The molecule has 6 heteroatoms. The van der Waals surface area contributed by atoms with Gasteiger partial charge in [-0.15, -0.1) is 0 Å². The van der Waals surface area contributed by atoms with Crippen molar-refractivity contribution in [2.75, 3.05) is 18.1 Å². The fraction of sp³-hybridized carbons (Fsp3) is 0.950. The molecule has 0 radical (unpaired) electrons. The third-order valence-electron chi connectivity index (χ3n) is 5.76. The van der Waals surface area contributed by atoms with E-state index >= 15 is 0 Å². The van der Waals surface area contributed by atoms with Crippen LogP contribution in [0.15, 0.2) is 0 Å². The molecule has 0 aliphatic carbocycles. The van der Waals surface area contributed by atoms with Gasteiger partial charge in [-0.3, -0.25) is 10.0 Å². The van der Waals surface area contributed by atoms with Crippen molar-refractivity contribution in [3.63, 3.8) is 0 Å². The van der Waals surface area contributed by atoms with E-state index in [4.69, 9.17) is 14.7 Å². The summed E-state index contributed by atoms with van der Waals surface area (Å²) >= 11 is 2.09. The molecule has 0 spiro atoms. The van der Waals surface area contributed by atoms with Crippen LogP contribution in [0, 0.1) is 11.8 Å². The molecule has 2 rings (SSSR count). The van der Waals surface area contributed by atoms with E-state index < -0.39 is 0 Å². The highest BCUT2D eigenvalue weighted by Gasteiger charge is 2.48. The molecule has 5 unspecified atom stereocenters. The maximum atomic E-state index is 11.1. The Labute approximate surface area is 162 Å². The molecule has 2 aliphatic rings.